The molecule has 0 aliphatic heterocycles. The Hall–Kier alpha value is -2.07. The molecule has 26 heavy (non-hydrogen) atoms. The van der Waals surface area contributed by atoms with Crippen molar-refractivity contribution in [3.63, 3.8) is 0 Å². The summed E-state index contributed by atoms with van der Waals surface area (Å²) in [7, 11) is 0. The highest BCUT2D eigenvalue weighted by atomic mass is 35.5. The number of halogens is 1. The van der Waals surface area contributed by atoms with Crippen LogP contribution in [-0.2, 0) is 22.5 Å². The molecule has 1 aromatic carbocycles. The lowest BCUT2D eigenvalue weighted by Gasteiger charge is -2.14. The fourth-order valence-electron chi connectivity index (χ4n) is 2.79. The van der Waals surface area contributed by atoms with Crippen molar-refractivity contribution >= 4 is 23.4 Å². The van der Waals surface area contributed by atoms with E-state index in [0.29, 0.717) is 41.6 Å². The summed E-state index contributed by atoms with van der Waals surface area (Å²) in [5.41, 5.74) is 2.23. The number of aromatic nitrogens is 1. The van der Waals surface area contributed by atoms with Crippen molar-refractivity contribution in [2.45, 2.75) is 46.6 Å². The van der Waals surface area contributed by atoms with E-state index in [0.717, 1.165) is 18.7 Å². The van der Waals surface area contributed by atoms with E-state index < -0.39 is 0 Å². The molecule has 0 bridgehead atoms. The Balaban J connectivity index is 2.25. The molecule has 5 heteroatoms. The first-order chi connectivity index (χ1) is 12.4. The van der Waals surface area contributed by atoms with Crippen LogP contribution >= 0.6 is 11.6 Å². The Labute approximate surface area is 160 Å². The van der Waals surface area contributed by atoms with Crippen LogP contribution in [0.5, 0.6) is 0 Å². The monoisotopic (exact) mass is 375 g/mol. The average Bonchev–Trinajstić information content (AvgIpc) is 3.01. The highest BCUT2D eigenvalue weighted by molar-refractivity contribution is 6.30. The summed E-state index contributed by atoms with van der Waals surface area (Å²) in [6, 6.07) is 10.7. The van der Waals surface area contributed by atoms with Gasteiger partial charge in [-0.25, -0.2) is 0 Å². The third-order valence-corrected chi connectivity index (χ3v) is 4.48. The molecule has 0 saturated heterocycles. The first-order valence-electron chi connectivity index (χ1n) is 9.06. The van der Waals surface area contributed by atoms with E-state index in [2.05, 4.69) is 13.8 Å². The van der Waals surface area contributed by atoms with Crippen LogP contribution in [0.15, 0.2) is 36.4 Å². The second-order valence-corrected chi connectivity index (χ2v) is 7.12. The van der Waals surface area contributed by atoms with Crippen molar-refractivity contribution in [2.24, 2.45) is 5.92 Å². The molecule has 2 aromatic rings. The van der Waals surface area contributed by atoms with Gasteiger partial charge in [-0.2, -0.15) is 0 Å². The lowest BCUT2D eigenvalue weighted by atomic mass is 10.1. The number of aryl methyl sites for hydroxylation is 1. The number of carbonyl (C=O) groups is 2. The van der Waals surface area contributed by atoms with E-state index in [1.54, 1.807) is 31.2 Å². The molecule has 1 aromatic heterocycles. The van der Waals surface area contributed by atoms with Crippen LogP contribution in [0.1, 0.15) is 55.4 Å². The Morgan fingerprint density at radius 2 is 1.81 bits per heavy atom. The molecule has 0 atom stereocenters. The van der Waals surface area contributed by atoms with E-state index in [4.69, 9.17) is 16.3 Å². The number of rotatable bonds is 9. The van der Waals surface area contributed by atoms with Crippen LogP contribution in [0.4, 0.5) is 0 Å². The average molecular weight is 376 g/mol. The third kappa shape index (κ3) is 5.46. The van der Waals surface area contributed by atoms with Gasteiger partial charge in [0.2, 0.25) is 5.78 Å². The Bertz CT molecular complexity index is 747. The summed E-state index contributed by atoms with van der Waals surface area (Å²) >= 11 is 5.92. The van der Waals surface area contributed by atoms with Crippen LogP contribution in [0.3, 0.4) is 0 Å². The van der Waals surface area contributed by atoms with Crippen molar-refractivity contribution in [1.82, 2.24) is 4.57 Å². The number of ether oxygens (including phenoxy) is 1. The number of esters is 1. The summed E-state index contributed by atoms with van der Waals surface area (Å²) in [6.45, 7) is 7.24. The van der Waals surface area contributed by atoms with Crippen LogP contribution in [0.2, 0.25) is 5.02 Å². The van der Waals surface area contributed by atoms with Gasteiger partial charge in [-0.1, -0.05) is 25.4 Å². The zero-order valence-corrected chi connectivity index (χ0v) is 16.4. The van der Waals surface area contributed by atoms with Gasteiger partial charge in [0.25, 0.3) is 0 Å². The summed E-state index contributed by atoms with van der Waals surface area (Å²) in [4.78, 5) is 24.6. The molecule has 0 spiro atoms. The van der Waals surface area contributed by atoms with Crippen molar-refractivity contribution in [1.29, 1.82) is 0 Å². The maximum absolute atomic E-state index is 12.9. The molecule has 0 aliphatic carbocycles. The highest BCUT2D eigenvalue weighted by Gasteiger charge is 2.18. The zero-order chi connectivity index (χ0) is 19.1. The second kappa shape index (κ2) is 9.58. The summed E-state index contributed by atoms with van der Waals surface area (Å²) in [6.07, 6.45) is 1.83. The predicted molar refractivity (Wildman–Crippen MR) is 104 cm³/mol. The first-order valence-corrected chi connectivity index (χ1v) is 9.44. The van der Waals surface area contributed by atoms with Crippen LogP contribution in [-0.4, -0.2) is 22.9 Å². The molecule has 0 unspecified atom stereocenters. The topological polar surface area (TPSA) is 48.3 Å². The first kappa shape index (κ1) is 20.2. The quantitative estimate of drug-likeness (QED) is 0.462. The largest absolute Gasteiger partial charge is 0.466 e. The Morgan fingerprint density at radius 1 is 1.12 bits per heavy atom. The van der Waals surface area contributed by atoms with E-state index >= 15 is 0 Å². The van der Waals surface area contributed by atoms with E-state index in [9.17, 15) is 9.59 Å². The van der Waals surface area contributed by atoms with Gasteiger partial charge in [-0.05, 0) is 62.1 Å². The molecule has 0 radical (unpaired) electrons. The Morgan fingerprint density at radius 3 is 2.42 bits per heavy atom. The zero-order valence-electron chi connectivity index (χ0n) is 15.6. The number of hydrogen-bond donors (Lipinski definition) is 0. The molecule has 0 aliphatic rings. The van der Waals surface area contributed by atoms with Gasteiger partial charge < -0.3 is 9.30 Å². The van der Waals surface area contributed by atoms with Crippen LogP contribution in [0.25, 0.3) is 0 Å². The third-order valence-electron chi connectivity index (χ3n) is 4.23. The van der Waals surface area contributed by atoms with Crippen molar-refractivity contribution in [3.8, 4) is 0 Å². The van der Waals surface area contributed by atoms with Gasteiger partial charge in [0.1, 0.15) is 0 Å². The smallest absolute Gasteiger partial charge is 0.306 e. The van der Waals surface area contributed by atoms with Gasteiger partial charge in [0.15, 0.2) is 0 Å². The van der Waals surface area contributed by atoms with Crippen LogP contribution < -0.4 is 0 Å². The molecule has 1 heterocycles. The molecule has 0 amide bonds. The standard InChI is InChI=1S/C21H26ClNO3/c1-4-26-20(24)12-10-18-9-11-19(23(18)14-13-15(2)3)21(25)16-5-7-17(22)8-6-16/h5-9,11,15H,4,10,12-14H2,1-3H3. The molecule has 2 rings (SSSR count). The number of ketones is 1. The minimum atomic E-state index is -0.213. The van der Waals surface area contributed by atoms with Crippen molar-refractivity contribution < 1.29 is 14.3 Å². The molecule has 0 fully saturated rings. The summed E-state index contributed by atoms with van der Waals surface area (Å²) in [5.74, 6) is 0.274. The van der Waals surface area contributed by atoms with E-state index in [-0.39, 0.29) is 11.8 Å². The maximum atomic E-state index is 12.9. The fourth-order valence-corrected chi connectivity index (χ4v) is 2.92. The molecule has 0 N–H and O–H groups in total. The second-order valence-electron chi connectivity index (χ2n) is 6.69. The molecular weight excluding hydrogens is 350 g/mol. The van der Waals surface area contributed by atoms with Gasteiger partial charge >= 0.3 is 5.97 Å². The van der Waals surface area contributed by atoms with Crippen molar-refractivity contribution in [3.05, 3.63) is 58.4 Å². The summed E-state index contributed by atoms with van der Waals surface area (Å²) in [5, 5.41) is 0.604. The number of hydrogen-bond acceptors (Lipinski definition) is 3. The molecule has 0 saturated carbocycles. The van der Waals surface area contributed by atoms with Gasteiger partial charge in [0.05, 0.1) is 18.7 Å². The highest BCUT2D eigenvalue weighted by Crippen LogP contribution is 2.19. The van der Waals surface area contributed by atoms with Gasteiger partial charge in [0, 0.05) is 22.8 Å². The minimum absolute atomic E-state index is 0.0344. The molecule has 140 valence electrons. The lowest BCUT2D eigenvalue weighted by molar-refractivity contribution is -0.143. The Kier molecular flexibility index (Phi) is 7.46. The van der Waals surface area contributed by atoms with Crippen molar-refractivity contribution in [2.75, 3.05) is 6.61 Å². The SMILES string of the molecule is CCOC(=O)CCc1ccc(C(=O)c2ccc(Cl)cc2)n1CCC(C)C. The number of benzene rings is 1. The normalized spacial score (nSPS) is 11.0. The predicted octanol–water partition coefficient (Wildman–Crippen LogP) is 4.91. The van der Waals surface area contributed by atoms with E-state index in [1.165, 1.54) is 0 Å². The lowest BCUT2D eigenvalue weighted by Crippen LogP contribution is -2.15. The maximum Gasteiger partial charge on any atom is 0.306 e. The minimum Gasteiger partial charge on any atom is -0.466 e. The number of nitrogens with zero attached hydrogens (tertiary/aromatic N) is 1. The summed E-state index contributed by atoms with van der Waals surface area (Å²) < 4.78 is 7.05. The van der Waals surface area contributed by atoms with Crippen LogP contribution in [0, 0.1) is 5.92 Å². The molecular formula is C21H26ClNO3. The fraction of sp³-hybridized carbons (Fsp3) is 0.429. The van der Waals surface area contributed by atoms with Gasteiger partial charge in [-0.3, -0.25) is 9.59 Å². The van der Waals surface area contributed by atoms with Gasteiger partial charge in [-0.15, -0.1) is 0 Å². The number of carbonyl (C=O) groups excluding carboxylic acids is 2. The molecule has 4 nitrogen and oxygen atoms in total. The van der Waals surface area contributed by atoms with E-state index in [1.807, 2.05) is 16.7 Å².